The van der Waals surface area contributed by atoms with E-state index in [0.29, 0.717) is 17.5 Å². The fraction of sp³-hybridized carbons (Fsp3) is 0.562. The molecule has 1 atom stereocenters. The van der Waals surface area contributed by atoms with Gasteiger partial charge in [0.05, 0.1) is 6.42 Å². The van der Waals surface area contributed by atoms with Crippen LogP contribution in [-0.4, -0.2) is 36.5 Å². The molecular formula is C16H23ClN2O. The van der Waals surface area contributed by atoms with Gasteiger partial charge in [0, 0.05) is 24.2 Å². The average molecular weight is 295 g/mol. The van der Waals surface area contributed by atoms with Crippen molar-refractivity contribution in [1.29, 1.82) is 0 Å². The molecule has 0 aromatic heterocycles. The van der Waals surface area contributed by atoms with Crippen molar-refractivity contribution in [3.63, 3.8) is 0 Å². The highest BCUT2D eigenvalue weighted by Gasteiger charge is 2.19. The zero-order valence-corrected chi connectivity index (χ0v) is 12.8. The van der Waals surface area contributed by atoms with E-state index in [1.165, 1.54) is 19.3 Å². The van der Waals surface area contributed by atoms with E-state index in [-0.39, 0.29) is 5.91 Å². The molecule has 0 saturated carbocycles. The van der Waals surface area contributed by atoms with Gasteiger partial charge in [-0.15, -0.1) is 0 Å². The molecule has 4 heteroatoms. The Balaban J connectivity index is 1.89. The minimum atomic E-state index is 0.196. The summed E-state index contributed by atoms with van der Waals surface area (Å²) in [5, 5.41) is 4.21. The zero-order chi connectivity index (χ0) is 14.4. The van der Waals surface area contributed by atoms with Crippen molar-refractivity contribution in [2.45, 2.75) is 38.6 Å². The molecule has 1 aliphatic heterocycles. The summed E-state index contributed by atoms with van der Waals surface area (Å²) >= 11 is 5.86. The van der Waals surface area contributed by atoms with Gasteiger partial charge in [0.1, 0.15) is 0 Å². The molecule has 110 valence electrons. The molecule has 1 heterocycles. The van der Waals surface area contributed by atoms with E-state index in [4.69, 9.17) is 11.6 Å². The van der Waals surface area contributed by atoms with Crippen molar-refractivity contribution in [3.05, 3.63) is 34.9 Å². The van der Waals surface area contributed by atoms with Gasteiger partial charge in [-0.2, -0.15) is 0 Å². The van der Waals surface area contributed by atoms with Gasteiger partial charge < -0.3 is 10.2 Å². The summed E-state index contributed by atoms with van der Waals surface area (Å²) in [5.74, 6) is 0.196. The summed E-state index contributed by atoms with van der Waals surface area (Å²) < 4.78 is 0. The van der Waals surface area contributed by atoms with Crippen LogP contribution in [0.2, 0.25) is 5.02 Å². The summed E-state index contributed by atoms with van der Waals surface area (Å²) in [6.07, 6.45) is 4.14. The van der Waals surface area contributed by atoms with Crippen LogP contribution in [0.15, 0.2) is 24.3 Å². The van der Waals surface area contributed by atoms with Crippen molar-refractivity contribution < 1.29 is 4.79 Å². The van der Waals surface area contributed by atoms with Gasteiger partial charge in [0.25, 0.3) is 0 Å². The number of rotatable bonds is 5. The standard InChI is InChI=1S/C16H23ClN2O/c1-2-19(12-15-5-3-4-10-18-15)16(20)11-13-6-8-14(17)9-7-13/h6-9,15,18H,2-5,10-12H2,1H3. The molecule has 1 fully saturated rings. The third-order valence-corrected chi connectivity index (χ3v) is 4.11. The predicted octanol–water partition coefficient (Wildman–Crippen LogP) is 2.87. The van der Waals surface area contributed by atoms with E-state index >= 15 is 0 Å². The lowest BCUT2D eigenvalue weighted by molar-refractivity contribution is -0.130. The molecule has 1 aromatic rings. The van der Waals surface area contributed by atoms with Crippen molar-refractivity contribution >= 4 is 17.5 Å². The van der Waals surface area contributed by atoms with E-state index in [1.54, 1.807) is 0 Å². The van der Waals surface area contributed by atoms with Crippen LogP contribution in [0.25, 0.3) is 0 Å². The van der Waals surface area contributed by atoms with Crippen LogP contribution in [0, 0.1) is 0 Å². The van der Waals surface area contributed by atoms with Crippen LogP contribution in [0.3, 0.4) is 0 Å². The number of hydrogen-bond acceptors (Lipinski definition) is 2. The van der Waals surface area contributed by atoms with Gasteiger partial charge in [0.15, 0.2) is 0 Å². The molecule has 1 saturated heterocycles. The van der Waals surface area contributed by atoms with Gasteiger partial charge in [-0.25, -0.2) is 0 Å². The largest absolute Gasteiger partial charge is 0.341 e. The lowest BCUT2D eigenvalue weighted by Gasteiger charge is -2.30. The van der Waals surface area contributed by atoms with Crippen LogP contribution in [0.4, 0.5) is 0 Å². The number of nitrogens with zero attached hydrogens (tertiary/aromatic N) is 1. The number of piperidine rings is 1. The van der Waals surface area contributed by atoms with E-state index in [0.717, 1.165) is 25.2 Å². The Hall–Kier alpha value is -1.06. The monoisotopic (exact) mass is 294 g/mol. The first-order valence-electron chi connectivity index (χ1n) is 7.44. The Bertz CT molecular complexity index is 427. The molecule has 0 spiro atoms. The number of likely N-dealkylation sites (N-methyl/N-ethyl adjacent to an activating group) is 1. The molecule has 1 aromatic carbocycles. The maximum Gasteiger partial charge on any atom is 0.227 e. The summed E-state index contributed by atoms with van der Waals surface area (Å²) in [6.45, 7) is 4.71. The maximum atomic E-state index is 12.4. The van der Waals surface area contributed by atoms with Crippen LogP contribution < -0.4 is 5.32 Å². The van der Waals surface area contributed by atoms with Crippen molar-refractivity contribution in [3.8, 4) is 0 Å². The normalized spacial score (nSPS) is 18.8. The lowest BCUT2D eigenvalue weighted by Crippen LogP contribution is -2.46. The Labute approximate surface area is 126 Å². The number of halogens is 1. The maximum absolute atomic E-state index is 12.4. The molecule has 3 nitrogen and oxygen atoms in total. The predicted molar refractivity (Wildman–Crippen MR) is 83.1 cm³/mol. The zero-order valence-electron chi connectivity index (χ0n) is 12.1. The number of carbonyl (C=O) groups is 1. The van der Waals surface area contributed by atoms with Crippen molar-refractivity contribution in [1.82, 2.24) is 10.2 Å². The second-order valence-corrected chi connectivity index (χ2v) is 5.82. The highest BCUT2D eigenvalue weighted by Crippen LogP contribution is 2.12. The minimum absolute atomic E-state index is 0.196. The highest BCUT2D eigenvalue weighted by molar-refractivity contribution is 6.30. The first-order chi connectivity index (χ1) is 9.69. The summed E-state index contributed by atoms with van der Waals surface area (Å²) in [4.78, 5) is 14.3. The van der Waals surface area contributed by atoms with Crippen LogP contribution in [-0.2, 0) is 11.2 Å². The van der Waals surface area contributed by atoms with Gasteiger partial charge in [-0.3, -0.25) is 4.79 Å². The quantitative estimate of drug-likeness (QED) is 0.906. The van der Waals surface area contributed by atoms with E-state index < -0.39 is 0 Å². The van der Waals surface area contributed by atoms with Crippen molar-refractivity contribution in [2.24, 2.45) is 0 Å². The molecular weight excluding hydrogens is 272 g/mol. The smallest absolute Gasteiger partial charge is 0.227 e. The first kappa shape index (κ1) is 15.3. The van der Waals surface area contributed by atoms with Crippen LogP contribution in [0.1, 0.15) is 31.7 Å². The van der Waals surface area contributed by atoms with Crippen LogP contribution in [0.5, 0.6) is 0 Å². The third-order valence-electron chi connectivity index (χ3n) is 3.86. The van der Waals surface area contributed by atoms with Gasteiger partial charge in [-0.1, -0.05) is 30.2 Å². The Morgan fingerprint density at radius 1 is 1.35 bits per heavy atom. The Morgan fingerprint density at radius 2 is 2.10 bits per heavy atom. The van der Waals surface area contributed by atoms with E-state index in [2.05, 4.69) is 5.32 Å². The Morgan fingerprint density at radius 3 is 2.70 bits per heavy atom. The molecule has 1 amide bonds. The number of benzene rings is 1. The minimum Gasteiger partial charge on any atom is -0.341 e. The van der Waals surface area contributed by atoms with Crippen molar-refractivity contribution in [2.75, 3.05) is 19.6 Å². The lowest BCUT2D eigenvalue weighted by atomic mass is 10.0. The molecule has 0 radical (unpaired) electrons. The first-order valence-corrected chi connectivity index (χ1v) is 7.82. The topological polar surface area (TPSA) is 32.3 Å². The third kappa shape index (κ3) is 4.50. The number of amides is 1. The summed E-state index contributed by atoms with van der Waals surface area (Å²) in [7, 11) is 0. The Kier molecular flexibility index (Phi) is 5.86. The number of nitrogens with one attached hydrogen (secondary N) is 1. The fourth-order valence-electron chi connectivity index (χ4n) is 2.64. The van der Waals surface area contributed by atoms with E-state index in [1.807, 2.05) is 36.1 Å². The molecule has 1 N–H and O–H groups in total. The van der Waals surface area contributed by atoms with Gasteiger partial charge >= 0.3 is 0 Å². The van der Waals surface area contributed by atoms with Crippen LogP contribution >= 0.6 is 11.6 Å². The van der Waals surface area contributed by atoms with Gasteiger partial charge in [0.2, 0.25) is 5.91 Å². The molecule has 20 heavy (non-hydrogen) atoms. The highest BCUT2D eigenvalue weighted by atomic mass is 35.5. The molecule has 1 unspecified atom stereocenters. The number of carbonyl (C=O) groups excluding carboxylic acids is 1. The average Bonchev–Trinajstić information content (AvgIpc) is 2.48. The summed E-state index contributed by atoms with van der Waals surface area (Å²) in [5.41, 5.74) is 1.02. The van der Waals surface area contributed by atoms with E-state index in [9.17, 15) is 4.79 Å². The summed E-state index contributed by atoms with van der Waals surface area (Å²) in [6, 6.07) is 7.98. The SMILES string of the molecule is CCN(CC1CCCCN1)C(=O)Cc1ccc(Cl)cc1. The second-order valence-electron chi connectivity index (χ2n) is 5.38. The molecule has 1 aliphatic rings. The molecule has 0 aliphatic carbocycles. The molecule has 0 bridgehead atoms. The number of hydrogen-bond donors (Lipinski definition) is 1. The fourth-order valence-corrected chi connectivity index (χ4v) is 2.77. The molecule has 2 rings (SSSR count). The van der Waals surface area contributed by atoms with Gasteiger partial charge in [-0.05, 0) is 44.0 Å². The second kappa shape index (κ2) is 7.65.